The molecule has 0 unspecified atom stereocenters. The molecule has 7 heteroatoms. The van der Waals surface area contributed by atoms with Gasteiger partial charge in [0.05, 0.1) is 5.69 Å². The van der Waals surface area contributed by atoms with Crippen molar-refractivity contribution in [2.24, 2.45) is 0 Å². The minimum Gasteiger partial charge on any atom is -0.343 e. The number of aryl methyl sites for hydroxylation is 2. The van der Waals surface area contributed by atoms with Crippen molar-refractivity contribution in [3.8, 4) is 5.95 Å². The molecule has 0 aromatic carbocycles. The second-order valence-corrected chi connectivity index (χ2v) is 6.75. The van der Waals surface area contributed by atoms with E-state index in [1.807, 2.05) is 25.7 Å². The summed E-state index contributed by atoms with van der Waals surface area (Å²) in [7, 11) is 0. The number of hydrogen-bond acceptors (Lipinski definition) is 4. The highest BCUT2D eigenvalue weighted by atomic mass is 16.2. The summed E-state index contributed by atoms with van der Waals surface area (Å²) < 4.78 is 1.67. The Bertz CT molecular complexity index is 859. The maximum absolute atomic E-state index is 12.3. The second-order valence-electron chi connectivity index (χ2n) is 6.75. The van der Waals surface area contributed by atoms with Gasteiger partial charge in [-0.2, -0.15) is 5.10 Å². The Morgan fingerprint density at radius 1 is 1.12 bits per heavy atom. The monoisotopic (exact) mass is 343 g/mol. The van der Waals surface area contributed by atoms with Gasteiger partial charge in [-0.1, -0.05) is 0 Å². The van der Waals surface area contributed by atoms with Crippen LogP contribution in [0, 0.1) is 27.7 Å². The number of aromatic amines is 1. The van der Waals surface area contributed by atoms with Gasteiger partial charge in [0, 0.05) is 36.5 Å². The zero-order valence-electron chi connectivity index (χ0n) is 15.3. The van der Waals surface area contributed by atoms with Gasteiger partial charge in [0.2, 0.25) is 11.9 Å². The highest BCUT2D eigenvalue weighted by molar-refractivity contribution is 5.76. The maximum atomic E-state index is 12.3. The summed E-state index contributed by atoms with van der Waals surface area (Å²) in [4.78, 5) is 33.5. The molecule has 134 valence electrons. The number of nitrogens with zero attached hydrogens (tertiary/aromatic N) is 4. The van der Waals surface area contributed by atoms with E-state index < -0.39 is 0 Å². The number of carbonyl (C=O) groups is 1. The molecule has 2 aromatic rings. The molecule has 0 saturated carbocycles. The van der Waals surface area contributed by atoms with Crippen molar-refractivity contribution in [1.29, 1.82) is 0 Å². The summed E-state index contributed by atoms with van der Waals surface area (Å²) in [6.07, 6.45) is 3.35. The summed E-state index contributed by atoms with van der Waals surface area (Å²) in [5.41, 5.74) is 3.98. The van der Waals surface area contributed by atoms with Crippen LogP contribution in [0.15, 0.2) is 4.79 Å². The highest BCUT2D eigenvalue weighted by Crippen LogP contribution is 2.19. The summed E-state index contributed by atoms with van der Waals surface area (Å²) in [6, 6.07) is 0. The van der Waals surface area contributed by atoms with Crippen molar-refractivity contribution in [2.45, 2.75) is 53.4 Å². The van der Waals surface area contributed by atoms with Crippen molar-refractivity contribution in [2.75, 3.05) is 13.1 Å². The SMILES string of the molecule is Cc1nn(-c2nc(C)c(C)c(=O)[nH]2)c(C)c1CCC(=O)N1CCCC1. The number of carbonyl (C=O) groups excluding carboxylic acids is 1. The van der Waals surface area contributed by atoms with E-state index in [1.54, 1.807) is 11.6 Å². The van der Waals surface area contributed by atoms with E-state index in [9.17, 15) is 9.59 Å². The summed E-state index contributed by atoms with van der Waals surface area (Å²) >= 11 is 0. The maximum Gasteiger partial charge on any atom is 0.255 e. The van der Waals surface area contributed by atoms with Gasteiger partial charge in [-0.25, -0.2) is 9.67 Å². The van der Waals surface area contributed by atoms with E-state index in [4.69, 9.17) is 0 Å². The lowest BCUT2D eigenvalue weighted by atomic mass is 10.1. The molecule has 0 spiro atoms. The smallest absolute Gasteiger partial charge is 0.255 e. The molecule has 2 aromatic heterocycles. The topological polar surface area (TPSA) is 83.9 Å². The van der Waals surface area contributed by atoms with Crippen molar-refractivity contribution in [1.82, 2.24) is 24.6 Å². The van der Waals surface area contributed by atoms with Gasteiger partial charge in [0.1, 0.15) is 0 Å². The van der Waals surface area contributed by atoms with Crippen molar-refractivity contribution >= 4 is 5.91 Å². The Kier molecular flexibility index (Phi) is 4.74. The number of nitrogens with one attached hydrogen (secondary N) is 1. The number of hydrogen-bond donors (Lipinski definition) is 1. The Hall–Kier alpha value is -2.44. The fraction of sp³-hybridized carbons (Fsp3) is 0.556. The third-order valence-corrected chi connectivity index (χ3v) is 5.07. The van der Waals surface area contributed by atoms with Crippen LogP contribution >= 0.6 is 0 Å². The third-order valence-electron chi connectivity index (χ3n) is 5.07. The van der Waals surface area contributed by atoms with Gasteiger partial charge in [-0.15, -0.1) is 0 Å². The van der Waals surface area contributed by atoms with Crippen LogP contribution in [0.4, 0.5) is 0 Å². The van der Waals surface area contributed by atoms with E-state index in [2.05, 4.69) is 15.1 Å². The molecular formula is C18H25N5O2. The number of amides is 1. The van der Waals surface area contributed by atoms with Crippen molar-refractivity contribution in [3.05, 3.63) is 38.6 Å². The average Bonchev–Trinajstić information content (AvgIpc) is 3.19. The molecule has 0 atom stereocenters. The molecule has 25 heavy (non-hydrogen) atoms. The van der Waals surface area contributed by atoms with Gasteiger partial charge in [0.25, 0.3) is 5.56 Å². The minimum atomic E-state index is -0.152. The second kappa shape index (κ2) is 6.82. The largest absolute Gasteiger partial charge is 0.343 e. The molecule has 7 nitrogen and oxygen atoms in total. The molecule has 1 saturated heterocycles. The Morgan fingerprint density at radius 3 is 2.44 bits per heavy atom. The molecule has 3 rings (SSSR count). The van der Waals surface area contributed by atoms with Gasteiger partial charge in [-0.05, 0) is 52.5 Å². The van der Waals surface area contributed by atoms with E-state index in [1.165, 1.54) is 0 Å². The van der Waals surface area contributed by atoms with Crippen LogP contribution in [0.3, 0.4) is 0 Å². The molecule has 1 aliphatic heterocycles. The number of H-pyrrole nitrogens is 1. The van der Waals surface area contributed by atoms with Gasteiger partial charge in [-0.3, -0.25) is 14.6 Å². The zero-order valence-corrected chi connectivity index (χ0v) is 15.3. The summed E-state index contributed by atoms with van der Waals surface area (Å²) in [5, 5.41) is 4.53. The molecule has 1 N–H and O–H groups in total. The van der Waals surface area contributed by atoms with Crippen molar-refractivity contribution < 1.29 is 4.79 Å². The van der Waals surface area contributed by atoms with Gasteiger partial charge >= 0.3 is 0 Å². The average molecular weight is 343 g/mol. The van der Waals surface area contributed by atoms with Crippen LogP contribution in [0.1, 0.15) is 47.5 Å². The number of aromatic nitrogens is 4. The fourth-order valence-electron chi connectivity index (χ4n) is 3.33. The fourth-order valence-corrected chi connectivity index (χ4v) is 3.33. The molecular weight excluding hydrogens is 318 g/mol. The zero-order chi connectivity index (χ0) is 18.1. The molecule has 0 bridgehead atoms. The summed E-state index contributed by atoms with van der Waals surface area (Å²) in [6.45, 7) is 9.20. The van der Waals surface area contributed by atoms with E-state index in [-0.39, 0.29) is 11.5 Å². The Labute approximate surface area is 147 Å². The molecule has 1 fully saturated rings. The quantitative estimate of drug-likeness (QED) is 0.916. The first-order valence-electron chi connectivity index (χ1n) is 8.79. The minimum absolute atomic E-state index is 0.152. The Morgan fingerprint density at radius 2 is 1.80 bits per heavy atom. The first-order chi connectivity index (χ1) is 11.9. The van der Waals surface area contributed by atoms with Crippen LogP contribution in [0.5, 0.6) is 0 Å². The predicted molar refractivity (Wildman–Crippen MR) is 95.1 cm³/mol. The first-order valence-corrected chi connectivity index (χ1v) is 8.79. The number of rotatable bonds is 4. The van der Waals surface area contributed by atoms with Gasteiger partial charge in [0.15, 0.2) is 0 Å². The van der Waals surface area contributed by atoms with Crippen LogP contribution in [-0.2, 0) is 11.2 Å². The predicted octanol–water partition coefficient (Wildman–Crippen LogP) is 1.74. The lowest BCUT2D eigenvalue weighted by Crippen LogP contribution is -2.27. The van der Waals surface area contributed by atoms with Crippen molar-refractivity contribution in [3.63, 3.8) is 0 Å². The molecule has 1 aliphatic rings. The molecule has 0 aliphatic carbocycles. The highest BCUT2D eigenvalue weighted by Gasteiger charge is 2.20. The van der Waals surface area contributed by atoms with E-state index >= 15 is 0 Å². The molecule has 3 heterocycles. The molecule has 0 radical (unpaired) electrons. The van der Waals surface area contributed by atoms with Crippen LogP contribution in [0.25, 0.3) is 5.95 Å². The van der Waals surface area contributed by atoms with Gasteiger partial charge < -0.3 is 4.90 Å². The third kappa shape index (κ3) is 3.36. The van der Waals surface area contributed by atoms with E-state index in [0.29, 0.717) is 30.0 Å². The summed E-state index contributed by atoms with van der Waals surface area (Å²) in [5.74, 6) is 0.632. The normalized spacial score (nSPS) is 14.3. The standard InChI is InChI=1S/C18H25N5O2/c1-11-12(2)19-18(20-17(11)25)23-14(4)15(13(3)21-23)7-8-16(24)22-9-5-6-10-22/h5-10H2,1-4H3,(H,19,20,25). The van der Waals surface area contributed by atoms with Crippen LogP contribution < -0.4 is 5.56 Å². The number of likely N-dealkylation sites (tertiary alicyclic amines) is 1. The molecule has 1 amide bonds. The lowest BCUT2D eigenvalue weighted by Gasteiger charge is -2.15. The van der Waals surface area contributed by atoms with Crippen LogP contribution in [-0.4, -0.2) is 43.6 Å². The van der Waals surface area contributed by atoms with Crippen LogP contribution in [0.2, 0.25) is 0 Å². The first kappa shape index (κ1) is 17.4. The van der Waals surface area contributed by atoms with E-state index in [0.717, 1.165) is 42.9 Å². The Balaban J connectivity index is 1.83. The lowest BCUT2D eigenvalue weighted by molar-refractivity contribution is -0.130.